The molecular formula is C15H24O2. The van der Waals surface area contributed by atoms with E-state index < -0.39 is 0 Å². The van der Waals surface area contributed by atoms with E-state index in [-0.39, 0.29) is 0 Å². The fraction of sp³-hybridized carbons (Fsp3) is 0.600. The Morgan fingerprint density at radius 3 is 2.24 bits per heavy atom. The third-order valence-corrected chi connectivity index (χ3v) is 2.54. The number of para-hydroxylation sites is 1. The summed E-state index contributed by atoms with van der Waals surface area (Å²) < 4.78 is 11.0. The minimum atomic E-state index is 0.819. The third-order valence-electron chi connectivity index (χ3n) is 2.54. The molecule has 1 rings (SSSR count). The normalized spacial score (nSPS) is 10.4. The fourth-order valence-electron chi connectivity index (χ4n) is 1.61. The van der Waals surface area contributed by atoms with Crippen molar-refractivity contribution in [1.82, 2.24) is 0 Å². The van der Waals surface area contributed by atoms with Crippen molar-refractivity contribution < 1.29 is 9.47 Å². The van der Waals surface area contributed by atoms with Gasteiger partial charge in [-0.15, -0.1) is 0 Å². The fourth-order valence-corrected chi connectivity index (χ4v) is 1.61. The maximum Gasteiger partial charge on any atom is 0.119 e. The Balaban J connectivity index is 1.85. The first-order chi connectivity index (χ1) is 8.43. The molecule has 0 aromatic heterocycles. The zero-order chi connectivity index (χ0) is 12.2. The second-order valence-electron chi connectivity index (χ2n) is 4.19. The van der Waals surface area contributed by atoms with Crippen LogP contribution in [-0.4, -0.2) is 19.8 Å². The number of benzene rings is 1. The molecule has 0 spiro atoms. The maximum atomic E-state index is 5.62. The van der Waals surface area contributed by atoms with Crippen molar-refractivity contribution in [2.75, 3.05) is 19.8 Å². The largest absolute Gasteiger partial charge is 0.494 e. The molecule has 96 valence electrons. The first kappa shape index (κ1) is 14.0. The molecule has 0 amide bonds. The van der Waals surface area contributed by atoms with Gasteiger partial charge in [0.15, 0.2) is 0 Å². The summed E-state index contributed by atoms with van der Waals surface area (Å²) in [6.07, 6.45) is 5.88. The Bertz CT molecular complexity index is 259. The smallest absolute Gasteiger partial charge is 0.119 e. The third kappa shape index (κ3) is 7.81. The molecule has 1 aromatic rings. The number of rotatable bonds is 10. The second kappa shape index (κ2) is 10.2. The van der Waals surface area contributed by atoms with Gasteiger partial charge in [-0.1, -0.05) is 31.5 Å². The molecule has 0 heterocycles. The van der Waals surface area contributed by atoms with Gasteiger partial charge in [-0.05, 0) is 37.8 Å². The molecule has 0 N–H and O–H groups in total. The Hall–Kier alpha value is -1.02. The lowest BCUT2D eigenvalue weighted by molar-refractivity contribution is 0.130. The van der Waals surface area contributed by atoms with E-state index >= 15 is 0 Å². The SMILES string of the molecule is CCCOCCCCCCOc1ccccc1. The first-order valence-corrected chi connectivity index (χ1v) is 6.69. The van der Waals surface area contributed by atoms with E-state index in [0.717, 1.165) is 38.4 Å². The van der Waals surface area contributed by atoms with E-state index in [0.29, 0.717) is 0 Å². The molecule has 1 aromatic carbocycles. The van der Waals surface area contributed by atoms with Gasteiger partial charge in [0.25, 0.3) is 0 Å². The monoisotopic (exact) mass is 236 g/mol. The van der Waals surface area contributed by atoms with Gasteiger partial charge in [0, 0.05) is 13.2 Å². The maximum absolute atomic E-state index is 5.62. The lowest BCUT2D eigenvalue weighted by Gasteiger charge is -2.05. The summed E-state index contributed by atoms with van der Waals surface area (Å²) in [7, 11) is 0. The van der Waals surface area contributed by atoms with Gasteiger partial charge in [-0.2, -0.15) is 0 Å². The summed E-state index contributed by atoms with van der Waals surface area (Å²) in [5, 5.41) is 0. The molecule has 0 aliphatic carbocycles. The molecule has 0 saturated carbocycles. The highest BCUT2D eigenvalue weighted by Gasteiger charge is 1.93. The summed E-state index contributed by atoms with van der Waals surface area (Å²) in [5.41, 5.74) is 0. The quantitative estimate of drug-likeness (QED) is 0.570. The molecule has 17 heavy (non-hydrogen) atoms. The average molecular weight is 236 g/mol. The number of ether oxygens (including phenoxy) is 2. The Morgan fingerprint density at radius 2 is 1.53 bits per heavy atom. The van der Waals surface area contributed by atoms with Crippen LogP contribution in [0.25, 0.3) is 0 Å². The molecule has 0 unspecified atom stereocenters. The van der Waals surface area contributed by atoms with Gasteiger partial charge in [-0.3, -0.25) is 0 Å². The standard InChI is InChI=1S/C15H24O2/c1-2-12-16-13-8-3-4-9-14-17-15-10-6-5-7-11-15/h5-7,10-11H,2-4,8-9,12-14H2,1H3. The van der Waals surface area contributed by atoms with Crippen molar-refractivity contribution in [2.24, 2.45) is 0 Å². The van der Waals surface area contributed by atoms with Crippen LogP contribution in [0.15, 0.2) is 30.3 Å². The van der Waals surface area contributed by atoms with Crippen LogP contribution in [0.5, 0.6) is 5.75 Å². The second-order valence-corrected chi connectivity index (χ2v) is 4.19. The Labute approximate surface area is 105 Å². The average Bonchev–Trinajstić information content (AvgIpc) is 2.38. The molecule has 0 fully saturated rings. The molecule has 0 atom stereocenters. The predicted molar refractivity (Wildman–Crippen MR) is 71.5 cm³/mol. The highest BCUT2D eigenvalue weighted by atomic mass is 16.5. The van der Waals surface area contributed by atoms with Gasteiger partial charge in [0.1, 0.15) is 5.75 Å². The van der Waals surface area contributed by atoms with Crippen molar-refractivity contribution in [3.63, 3.8) is 0 Å². The van der Waals surface area contributed by atoms with E-state index in [2.05, 4.69) is 6.92 Å². The van der Waals surface area contributed by atoms with Crippen molar-refractivity contribution in [3.8, 4) is 5.75 Å². The van der Waals surface area contributed by atoms with Crippen LogP contribution in [0.4, 0.5) is 0 Å². The Morgan fingerprint density at radius 1 is 0.824 bits per heavy atom. The van der Waals surface area contributed by atoms with Crippen LogP contribution >= 0.6 is 0 Å². The molecule has 0 aliphatic rings. The van der Waals surface area contributed by atoms with Crippen LogP contribution in [0, 0.1) is 0 Å². The molecule has 0 saturated heterocycles. The minimum Gasteiger partial charge on any atom is -0.494 e. The molecule has 2 heteroatoms. The molecule has 0 radical (unpaired) electrons. The lowest BCUT2D eigenvalue weighted by Crippen LogP contribution is -1.98. The van der Waals surface area contributed by atoms with Crippen LogP contribution in [0.1, 0.15) is 39.0 Å². The predicted octanol–water partition coefficient (Wildman–Crippen LogP) is 4.05. The van der Waals surface area contributed by atoms with Crippen molar-refractivity contribution in [1.29, 1.82) is 0 Å². The number of hydrogen-bond donors (Lipinski definition) is 0. The van der Waals surface area contributed by atoms with Gasteiger partial charge in [-0.25, -0.2) is 0 Å². The van der Waals surface area contributed by atoms with Gasteiger partial charge < -0.3 is 9.47 Å². The topological polar surface area (TPSA) is 18.5 Å². The number of hydrogen-bond acceptors (Lipinski definition) is 2. The van der Waals surface area contributed by atoms with Gasteiger partial charge in [0.2, 0.25) is 0 Å². The first-order valence-electron chi connectivity index (χ1n) is 6.69. The number of unbranched alkanes of at least 4 members (excludes halogenated alkanes) is 3. The van der Waals surface area contributed by atoms with E-state index in [4.69, 9.17) is 9.47 Å². The highest BCUT2D eigenvalue weighted by Crippen LogP contribution is 2.09. The van der Waals surface area contributed by atoms with E-state index in [9.17, 15) is 0 Å². The summed E-state index contributed by atoms with van der Waals surface area (Å²) >= 11 is 0. The van der Waals surface area contributed by atoms with Crippen LogP contribution in [-0.2, 0) is 4.74 Å². The van der Waals surface area contributed by atoms with E-state index in [1.165, 1.54) is 19.3 Å². The van der Waals surface area contributed by atoms with Crippen LogP contribution in [0.2, 0.25) is 0 Å². The van der Waals surface area contributed by atoms with E-state index in [1.807, 2.05) is 30.3 Å². The van der Waals surface area contributed by atoms with Gasteiger partial charge in [0.05, 0.1) is 6.61 Å². The molecule has 2 nitrogen and oxygen atoms in total. The highest BCUT2D eigenvalue weighted by molar-refractivity contribution is 5.20. The van der Waals surface area contributed by atoms with Crippen LogP contribution in [0.3, 0.4) is 0 Å². The Kier molecular flexibility index (Phi) is 8.39. The zero-order valence-corrected chi connectivity index (χ0v) is 10.9. The van der Waals surface area contributed by atoms with Gasteiger partial charge >= 0.3 is 0 Å². The van der Waals surface area contributed by atoms with Crippen molar-refractivity contribution in [2.45, 2.75) is 39.0 Å². The minimum absolute atomic E-state index is 0.819. The van der Waals surface area contributed by atoms with Crippen molar-refractivity contribution >= 4 is 0 Å². The van der Waals surface area contributed by atoms with Crippen molar-refractivity contribution in [3.05, 3.63) is 30.3 Å². The van der Waals surface area contributed by atoms with E-state index in [1.54, 1.807) is 0 Å². The summed E-state index contributed by atoms with van der Waals surface area (Å²) in [6, 6.07) is 10.0. The summed E-state index contributed by atoms with van der Waals surface area (Å²) in [4.78, 5) is 0. The van der Waals surface area contributed by atoms with Crippen LogP contribution < -0.4 is 4.74 Å². The molecule has 0 bridgehead atoms. The molecular weight excluding hydrogens is 212 g/mol. The molecule has 0 aliphatic heterocycles. The zero-order valence-electron chi connectivity index (χ0n) is 10.9. The summed E-state index contributed by atoms with van der Waals surface area (Å²) in [6.45, 7) is 4.77. The lowest BCUT2D eigenvalue weighted by atomic mass is 10.2. The summed E-state index contributed by atoms with van der Waals surface area (Å²) in [5.74, 6) is 0.971.